The minimum Gasteiger partial charge on any atom is -0.377 e. The van der Waals surface area contributed by atoms with E-state index >= 15 is 0 Å². The molecule has 4 heteroatoms. The van der Waals surface area contributed by atoms with Gasteiger partial charge in [0.15, 0.2) is 0 Å². The fourth-order valence-electron chi connectivity index (χ4n) is 3.81. The summed E-state index contributed by atoms with van der Waals surface area (Å²) in [5.41, 5.74) is 2.10. The lowest BCUT2D eigenvalue weighted by molar-refractivity contribution is 0.0613. The maximum absolute atomic E-state index is 12.5. The van der Waals surface area contributed by atoms with Gasteiger partial charge in [-0.3, -0.25) is 4.79 Å². The summed E-state index contributed by atoms with van der Waals surface area (Å²) in [5, 5.41) is 3.22. The molecule has 0 saturated carbocycles. The van der Waals surface area contributed by atoms with Crippen LogP contribution < -0.4 is 5.32 Å². The highest BCUT2D eigenvalue weighted by atomic mass is 16.5. The second kappa shape index (κ2) is 9.35. The Morgan fingerprint density at radius 1 is 1.20 bits per heavy atom. The predicted octanol–water partition coefficient (Wildman–Crippen LogP) is 3.40. The van der Waals surface area contributed by atoms with E-state index in [4.69, 9.17) is 4.74 Å². The van der Waals surface area contributed by atoms with E-state index in [1.165, 1.54) is 31.2 Å². The SMILES string of the molecule is CCCCc1ccc(C(=O)NC2CCN(CC3CCCO3)CC2)cc1. The molecule has 4 nitrogen and oxygen atoms in total. The normalized spacial score (nSPS) is 22.2. The summed E-state index contributed by atoms with van der Waals surface area (Å²) in [7, 11) is 0. The van der Waals surface area contributed by atoms with Crippen molar-refractivity contribution >= 4 is 5.91 Å². The number of carbonyl (C=O) groups excluding carboxylic acids is 1. The first kappa shape index (κ1) is 18.4. The molecule has 0 spiro atoms. The highest BCUT2D eigenvalue weighted by Gasteiger charge is 2.24. The molecule has 1 unspecified atom stereocenters. The Bertz CT molecular complexity index is 529. The van der Waals surface area contributed by atoms with Gasteiger partial charge < -0.3 is 15.0 Å². The molecular weight excluding hydrogens is 312 g/mol. The average molecular weight is 344 g/mol. The molecule has 3 rings (SSSR count). The van der Waals surface area contributed by atoms with Crippen LogP contribution in [-0.2, 0) is 11.2 Å². The van der Waals surface area contributed by atoms with E-state index in [9.17, 15) is 4.79 Å². The van der Waals surface area contributed by atoms with Crippen molar-refractivity contribution in [3.05, 3.63) is 35.4 Å². The molecule has 2 aliphatic rings. The number of nitrogens with one attached hydrogen (secondary N) is 1. The minimum atomic E-state index is 0.0691. The van der Waals surface area contributed by atoms with Gasteiger partial charge in [-0.2, -0.15) is 0 Å². The van der Waals surface area contributed by atoms with Crippen LogP contribution >= 0.6 is 0 Å². The maximum Gasteiger partial charge on any atom is 0.251 e. The Kier molecular flexibility index (Phi) is 6.88. The number of unbranched alkanes of at least 4 members (excludes halogenated alkanes) is 1. The Labute approximate surface area is 151 Å². The van der Waals surface area contributed by atoms with Gasteiger partial charge in [0, 0.05) is 37.8 Å². The molecule has 2 saturated heterocycles. The second-order valence-corrected chi connectivity index (χ2v) is 7.48. The molecule has 1 atom stereocenters. The van der Waals surface area contributed by atoms with Crippen LogP contribution in [-0.4, -0.2) is 49.2 Å². The quantitative estimate of drug-likeness (QED) is 0.824. The fraction of sp³-hybridized carbons (Fsp3) is 0.667. The number of piperidine rings is 1. The van der Waals surface area contributed by atoms with E-state index in [0.29, 0.717) is 12.1 Å². The lowest BCUT2D eigenvalue weighted by atomic mass is 10.0. The van der Waals surface area contributed by atoms with Crippen molar-refractivity contribution < 1.29 is 9.53 Å². The first-order valence-electron chi connectivity index (χ1n) is 9.98. The zero-order valence-corrected chi connectivity index (χ0v) is 15.5. The third kappa shape index (κ3) is 5.55. The molecule has 1 N–H and O–H groups in total. The van der Waals surface area contributed by atoms with Crippen molar-refractivity contribution in [3.63, 3.8) is 0 Å². The maximum atomic E-state index is 12.5. The van der Waals surface area contributed by atoms with Gasteiger partial charge in [-0.05, 0) is 56.2 Å². The number of benzene rings is 1. The van der Waals surface area contributed by atoms with Gasteiger partial charge in [0.25, 0.3) is 5.91 Å². The molecule has 2 heterocycles. The fourth-order valence-corrected chi connectivity index (χ4v) is 3.81. The van der Waals surface area contributed by atoms with Gasteiger partial charge in [0.1, 0.15) is 0 Å². The first-order chi connectivity index (χ1) is 12.2. The van der Waals surface area contributed by atoms with Gasteiger partial charge in [-0.1, -0.05) is 25.5 Å². The number of carbonyl (C=O) groups is 1. The predicted molar refractivity (Wildman–Crippen MR) is 101 cm³/mol. The second-order valence-electron chi connectivity index (χ2n) is 7.48. The van der Waals surface area contributed by atoms with Gasteiger partial charge in [-0.15, -0.1) is 0 Å². The summed E-state index contributed by atoms with van der Waals surface area (Å²) < 4.78 is 5.73. The Hall–Kier alpha value is -1.39. The number of ether oxygens (including phenoxy) is 1. The third-order valence-electron chi connectivity index (χ3n) is 5.44. The van der Waals surface area contributed by atoms with Crippen molar-refractivity contribution in [1.29, 1.82) is 0 Å². The number of aryl methyl sites for hydroxylation is 1. The van der Waals surface area contributed by atoms with Crippen LogP contribution in [0, 0.1) is 0 Å². The lowest BCUT2D eigenvalue weighted by Gasteiger charge is -2.33. The van der Waals surface area contributed by atoms with Crippen LogP contribution in [0.15, 0.2) is 24.3 Å². The van der Waals surface area contributed by atoms with Crippen LogP contribution in [0.4, 0.5) is 0 Å². The zero-order valence-electron chi connectivity index (χ0n) is 15.5. The van der Waals surface area contributed by atoms with E-state index in [2.05, 4.69) is 29.3 Å². The summed E-state index contributed by atoms with van der Waals surface area (Å²) in [6, 6.07) is 8.41. The largest absolute Gasteiger partial charge is 0.377 e. The molecule has 1 aromatic rings. The summed E-state index contributed by atoms with van der Waals surface area (Å²) in [4.78, 5) is 14.9. The average Bonchev–Trinajstić information content (AvgIpc) is 3.15. The molecule has 2 fully saturated rings. The highest BCUT2D eigenvalue weighted by Crippen LogP contribution is 2.17. The van der Waals surface area contributed by atoms with Gasteiger partial charge in [-0.25, -0.2) is 0 Å². The first-order valence-corrected chi connectivity index (χ1v) is 9.98. The van der Waals surface area contributed by atoms with Crippen LogP contribution in [0.2, 0.25) is 0 Å². The molecule has 2 aliphatic heterocycles. The number of hydrogen-bond acceptors (Lipinski definition) is 3. The molecule has 0 bridgehead atoms. The summed E-state index contributed by atoms with van der Waals surface area (Å²) in [6.07, 6.45) is 8.41. The topological polar surface area (TPSA) is 41.6 Å². The number of amides is 1. The van der Waals surface area contributed by atoms with E-state index in [1.54, 1.807) is 0 Å². The molecule has 25 heavy (non-hydrogen) atoms. The van der Waals surface area contributed by atoms with Crippen molar-refractivity contribution in [2.24, 2.45) is 0 Å². The Morgan fingerprint density at radius 3 is 2.60 bits per heavy atom. The van der Waals surface area contributed by atoms with Crippen LogP contribution in [0.3, 0.4) is 0 Å². The Balaban J connectivity index is 1.41. The van der Waals surface area contributed by atoms with Crippen LogP contribution in [0.1, 0.15) is 61.4 Å². The van der Waals surface area contributed by atoms with Crippen molar-refractivity contribution in [3.8, 4) is 0 Å². The zero-order chi connectivity index (χ0) is 17.5. The molecular formula is C21H32N2O2. The van der Waals surface area contributed by atoms with Crippen molar-refractivity contribution in [1.82, 2.24) is 10.2 Å². The number of hydrogen-bond donors (Lipinski definition) is 1. The number of rotatable bonds is 7. The van der Waals surface area contributed by atoms with Gasteiger partial charge in [0.05, 0.1) is 6.10 Å². The van der Waals surface area contributed by atoms with Crippen molar-refractivity contribution in [2.45, 2.75) is 64.0 Å². The molecule has 1 amide bonds. The highest BCUT2D eigenvalue weighted by molar-refractivity contribution is 5.94. The van der Waals surface area contributed by atoms with E-state index in [0.717, 1.165) is 51.1 Å². The Morgan fingerprint density at radius 2 is 1.96 bits per heavy atom. The summed E-state index contributed by atoms with van der Waals surface area (Å²) in [6.45, 7) is 6.30. The van der Waals surface area contributed by atoms with E-state index < -0.39 is 0 Å². The number of nitrogens with zero attached hydrogens (tertiary/aromatic N) is 1. The minimum absolute atomic E-state index is 0.0691. The third-order valence-corrected chi connectivity index (χ3v) is 5.44. The molecule has 0 aromatic heterocycles. The van der Waals surface area contributed by atoms with Crippen molar-refractivity contribution in [2.75, 3.05) is 26.2 Å². The molecule has 1 aromatic carbocycles. The van der Waals surface area contributed by atoms with Gasteiger partial charge in [0.2, 0.25) is 0 Å². The molecule has 0 radical (unpaired) electrons. The molecule has 0 aliphatic carbocycles. The standard InChI is InChI=1S/C21H32N2O2/c1-2-3-5-17-7-9-18(10-8-17)21(24)22-19-11-13-23(14-12-19)16-20-6-4-15-25-20/h7-10,19-20H,2-6,11-16H2,1H3,(H,22,24). The summed E-state index contributed by atoms with van der Waals surface area (Å²) in [5.74, 6) is 0.0691. The number of likely N-dealkylation sites (tertiary alicyclic amines) is 1. The monoisotopic (exact) mass is 344 g/mol. The van der Waals surface area contributed by atoms with Crippen LogP contribution in [0.5, 0.6) is 0 Å². The lowest BCUT2D eigenvalue weighted by Crippen LogP contribution is -2.46. The molecule has 138 valence electrons. The summed E-state index contributed by atoms with van der Waals surface area (Å²) >= 11 is 0. The smallest absolute Gasteiger partial charge is 0.251 e. The van der Waals surface area contributed by atoms with E-state index in [-0.39, 0.29) is 5.91 Å². The van der Waals surface area contributed by atoms with Gasteiger partial charge >= 0.3 is 0 Å². The van der Waals surface area contributed by atoms with E-state index in [1.807, 2.05) is 12.1 Å². The van der Waals surface area contributed by atoms with Crippen LogP contribution in [0.25, 0.3) is 0 Å².